The predicted octanol–water partition coefficient (Wildman–Crippen LogP) is 2.65. The van der Waals surface area contributed by atoms with Gasteiger partial charge < -0.3 is 14.6 Å². The summed E-state index contributed by atoms with van der Waals surface area (Å²) in [4.78, 5) is 11.9. The molecule has 1 amide bonds. The maximum absolute atomic E-state index is 11.9. The first-order valence-corrected chi connectivity index (χ1v) is 7.14. The first kappa shape index (κ1) is 14.4. The molecule has 2 N–H and O–H groups in total. The fourth-order valence-electron chi connectivity index (χ4n) is 1.92. The number of aromatic hydroxyl groups is 1. The summed E-state index contributed by atoms with van der Waals surface area (Å²) in [5.74, 6) is 0.703. The first-order valence-electron chi connectivity index (χ1n) is 6.35. The van der Waals surface area contributed by atoms with E-state index in [1.54, 1.807) is 24.3 Å². The molecule has 0 saturated heterocycles. The largest absolute Gasteiger partial charge is 0.507 e. The summed E-state index contributed by atoms with van der Waals surface area (Å²) in [5.41, 5.74) is 3.26. The van der Waals surface area contributed by atoms with E-state index in [4.69, 9.17) is 9.47 Å². The molecule has 0 spiro atoms. The normalized spacial score (nSPS) is 12.6. The third-order valence-corrected chi connectivity index (χ3v) is 3.47. The molecule has 0 bridgehead atoms. The van der Waals surface area contributed by atoms with E-state index in [-0.39, 0.29) is 18.1 Å². The zero-order valence-electron chi connectivity index (χ0n) is 11.2. The molecule has 1 aliphatic rings. The van der Waals surface area contributed by atoms with Gasteiger partial charge >= 0.3 is 0 Å². The molecule has 6 nitrogen and oxygen atoms in total. The Labute approximate surface area is 134 Å². The first-order chi connectivity index (χ1) is 10.6. The number of hydrazone groups is 1. The van der Waals surface area contributed by atoms with Crippen LogP contribution in [0.5, 0.6) is 17.2 Å². The smallest absolute Gasteiger partial charge is 0.275 e. The number of nitrogens with one attached hydrogen (secondary N) is 1. The summed E-state index contributed by atoms with van der Waals surface area (Å²) in [5, 5.41) is 13.6. The van der Waals surface area contributed by atoms with Crippen LogP contribution >= 0.6 is 15.9 Å². The number of hydrogen-bond donors (Lipinski definition) is 2. The van der Waals surface area contributed by atoms with Gasteiger partial charge in [0, 0.05) is 4.47 Å². The number of carbonyl (C=O) groups is 1. The minimum atomic E-state index is -0.498. The molecular formula is C15H11BrN2O4. The molecular weight excluding hydrogens is 352 g/mol. The quantitative estimate of drug-likeness (QED) is 0.649. The molecule has 0 fully saturated rings. The number of carbonyl (C=O) groups excluding carboxylic acids is 1. The lowest BCUT2D eigenvalue weighted by atomic mass is 10.2. The predicted molar refractivity (Wildman–Crippen MR) is 83.4 cm³/mol. The SMILES string of the molecule is O=C(NN=Cc1ccc2c(c1)OCO2)c1ccc(Br)cc1O. The Balaban J connectivity index is 1.68. The zero-order valence-corrected chi connectivity index (χ0v) is 12.8. The summed E-state index contributed by atoms with van der Waals surface area (Å²) in [6, 6.07) is 9.93. The lowest BCUT2D eigenvalue weighted by molar-refractivity contribution is 0.0952. The van der Waals surface area contributed by atoms with Crippen LogP contribution in [0.4, 0.5) is 0 Å². The third-order valence-electron chi connectivity index (χ3n) is 2.98. The molecule has 0 unspecified atom stereocenters. The standard InChI is InChI=1S/C15H11BrN2O4/c16-10-2-3-11(12(19)6-10)15(20)18-17-7-9-1-4-13-14(5-9)22-8-21-13/h1-7,19H,8H2,(H,18,20). The number of hydrogen-bond acceptors (Lipinski definition) is 5. The lowest BCUT2D eigenvalue weighted by Crippen LogP contribution is -2.17. The van der Waals surface area contributed by atoms with Gasteiger partial charge in [-0.15, -0.1) is 0 Å². The van der Waals surface area contributed by atoms with Crippen LogP contribution in [-0.4, -0.2) is 24.0 Å². The van der Waals surface area contributed by atoms with Crippen LogP contribution in [0.15, 0.2) is 46.0 Å². The van der Waals surface area contributed by atoms with Crippen LogP contribution in [0.1, 0.15) is 15.9 Å². The highest BCUT2D eigenvalue weighted by Crippen LogP contribution is 2.31. The van der Waals surface area contributed by atoms with E-state index in [0.29, 0.717) is 16.0 Å². The topological polar surface area (TPSA) is 80.2 Å². The van der Waals surface area contributed by atoms with Gasteiger partial charge in [-0.1, -0.05) is 15.9 Å². The van der Waals surface area contributed by atoms with Crippen molar-refractivity contribution in [2.45, 2.75) is 0 Å². The van der Waals surface area contributed by atoms with Crippen molar-refractivity contribution in [3.63, 3.8) is 0 Å². The van der Waals surface area contributed by atoms with E-state index in [9.17, 15) is 9.90 Å². The zero-order chi connectivity index (χ0) is 15.5. The van der Waals surface area contributed by atoms with Crippen molar-refractivity contribution in [1.82, 2.24) is 5.43 Å². The van der Waals surface area contributed by atoms with E-state index in [1.807, 2.05) is 0 Å². The minimum absolute atomic E-state index is 0.120. The second kappa shape index (κ2) is 6.07. The number of rotatable bonds is 3. The van der Waals surface area contributed by atoms with Crippen molar-refractivity contribution in [2.24, 2.45) is 5.10 Å². The Morgan fingerprint density at radius 2 is 2.05 bits per heavy atom. The molecule has 3 rings (SSSR count). The van der Waals surface area contributed by atoms with Crippen molar-refractivity contribution < 1.29 is 19.4 Å². The van der Waals surface area contributed by atoms with Gasteiger partial charge in [0.25, 0.3) is 5.91 Å². The monoisotopic (exact) mass is 362 g/mol. The van der Waals surface area contributed by atoms with Crippen LogP contribution < -0.4 is 14.9 Å². The summed E-state index contributed by atoms with van der Waals surface area (Å²) in [6.07, 6.45) is 1.48. The van der Waals surface area contributed by atoms with Gasteiger partial charge in [0.15, 0.2) is 11.5 Å². The van der Waals surface area contributed by atoms with E-state index in [0.717, 1.165) is 5.56 Å². The summed E-state index contributed by atoms with van der Waals surface area (Å²) in [6.45, 7) is 0.204. The number of ether oxygens (including phenoxy) is 2. The van der Waals surface area contributed by atoms with Crippen molar-refractivity contribution >= 4 is 28.1 Å². The fraction of sp³-hybridized carbons (Fsp3) is 0.0667. The molecule has 2 aromatic carbocycles. The number of fused-ring (bicyclic) bond motifs is 1. The Morgan fingerprint density at radius 1 is 1.23 bits per heavy atom. The minimum Gasteiger partial charge on any atom is -0.507 e. The van der Waals surface area contributed by atoms with E-state index in [2.05, 4.69) is 26.5 Å². The molecule has 22 heavy (non-hydrogen) atoms. The Kier molecular flexibility index (Phi) is 3.97. The summed E-state index contributed by atoms with van der Waals surface area (Å²) >= 11 is 3.21. The van der Waals surface area contributed by atoms with Crippen LogP contribution in [0.25, 0.3) is 0 Å². The molecule has 0 aliphatic carbocycles. The highest BCUT2D eigenvalue weighted by Gasteiger charge is 2.13. The third kappa shape index (κ3) is 3.04. The molecule has 0 aromatic heterocycles. The number of amides is 1. The van der Waals surface area contributed by atoms with Crippen LogP contribution in [0.3, 0.4) is 0 Å². The average molecular weight is 363 g/mol. The van der Waals surface area contributed by atoms with Crippen LogP contribution in [-0.2, 0) is 0 Å². The van der Waals surface area contributed by atoms with Crippen molar-refractivity contribution in [1.29, 1.82) is 0 Å². The molecule has 1 heterocycles. The number of phenols is 1. The van der Waals surface area contributed by atoms with Gasteiger partial charge in [-0.05, 0) is 42.0 Å². The second-order valence-electron chi connectivity index (χ2n) is 4.47. The van der Waals surface area contributed by atoms with Crippen molar-refractivity contribution in [3.05, 3.63) is 52.0 Å². The van der Waals surface area contributed by atoms with Gasteiger partial charge in [-0.2, -0.15) is 5.10 Å². The number of nitrogens with zero attached hydrogens (tertiary/aromatic N) is 1. The summed E-state index contributed by atoms with van der Waals surface area (Å²) in [7, 11) is 0. The maximum atomic E-state index is 11.9. The second-order valence-corrected chi connectivity index (χ2v) is 5.39. The lowest BCUT2D eigenvalue weighted by Gasteiger charge is -2.03. The van der Waals surface area contributed by atoms with Gasteiger partial charge in [0.2, 0.25) is 6.79 Å². The molecule has 7 heteroatoms. The molecule has 2 aromatic rings. The molecule has 1 aliphatic heterocycles. The molecule has 0 atom stereocenters. The number of phenolic OH excluding ortho intramolecular Hbond substituents is 1. The highest BCUT2D eigenvalue weighted by molar-refractivity contribution is 9.10. The Bertz CT molecular complexity index is 761. The summed E-state index contributed by atoms with van der Waals surface area (Å²) < 4.78 is 11.1. The van der Waals surface area contributed by atoms with Gasteiger partial charge in [-0.3, -0.25) is 4.79 Å². The van der Waals surface area contributed by atoms with Crippen LogP contribution in [0, 0.1) is 0 Å². The van der Waals surface area contributed by atoms with Crippen LogP contribution in [0.2, 0.25) is 0 Å². The van der Waals surface area contributed by atoms with E-state index >= 15 is 0 Å². The Hall–Kier alpha value is -2.54. The molecule has 112 valence electrons. The van der Waals surface area contributed by atoms with Gasteiger partial charge in [0.05, 0.1) is 11.8 Å². The van der Waals surface area contributed by atoms with Gasteiger partial charge in [-0.25, -0.2) is 5.43 Å². The number of benzene rings is 2. The maximum Gasteiger partial charge on any atom is 0.275 e. The number of halogens is 1. The fourth-order valence-corrected chi connectivity index (χ4v) is 2.26. The molecule has 0 saturated carbocycles. The van der Waals surface area contributed by atoms with E-state index in [1.165, 1.54) is 18.3 Å². The molecule has 0 radical (unpaired) electrons. The van der Waals surface area contributed by atoms with Crippen molar-refractivity contribution in [2.75, 3.05) is 6.79 Å². The van der Waals surface area contributed by atoms with Gasteiger partial charge in [0.1, 0.15) is 5.75 Å². The average Bonchev–Trinajstić information content (AvgIpc) is 2.94. The highest BCUT2D eigenvalue weighted by atomic mass is 79.9. The Morgan fingerprint density at radius 3 is 2.86 bits per heavy atom. The van der Waals surface area contributed by atoms with Crippen molar-refractivity contribution in [3.8, 4) is 17.2 Å². The van der Waals surface area contributed by atoms with E-state index < -0.39 is 5.91 Å².